The van der Waals surface area contributed by atoms with Crippen LogP contribution in [-0.2, 0) is 13.5 Å². The number of nitrogens with zero attached hydrogens (tertiary/aromatic N) is 3. The molecule has 0 aliphatic heterocycles. The van der Waals surface area contributed by atoms with Crippen LogP contribution < -0.4 is 5.73 Å². The molecule has 0 radical (unpaired) electrons. The predicted molar refractivity (Wildman–Crippen MR) is 72.4 cm³/mol. The summed E-state index contributed by atoms with van der Waals surface area (Å²) in [4.78, 5) is 2.14. The first-order valence-electron chi connectivity index (χ1n) is 5.79. The van der Waals surface area contributed by atoms with Gasteiger partial charge in [0.15, 0.2) is 0 Å². The van der Waals surface area contributed by atoms with Gasteiger partial charge in [-0.3, -0.25) is 4.68 Å². The molecule has 0 aliphatic carbocycles. The van der Waals surface area contributed by atoms with Crippen LogP contribution in [0.4, 0.5) is 0 Å². The molecule has 0 saturated carbocycles. The fourth-order valence-electron chi connectivity index (χ4n) is 1.71. The summed E-state index contributed by atoms with van der Waals surface area (Å²) in [6, 6.07) is 0.0119. The number of hydrogen-bond donors (Lipinski definition) is 1. The first kappa shape index (κ1) is 14.5. The van der Waals surface area contributed by atoms with E-state index in [1.54, 1.807) is 4.68 Å². The fraction of sp³-hybridized carbons (Fsp3) is 0.750. The van der Waals surface area contributed by atoms with Crippen LogP contribution in [0.5, 0.6) is 0 Å². The number of likely N-dealkylation sites (N-methyl/N-ethyl adjacent to an activating group) is 1. The summed E-state index contributed by atoms with van der Waals surface area (Å²) >= 11 is 6.22. The molecular formula is C12H23ClN4. The van der Waals surface area contributed by atoms with Crippen molar-refractivity contribution in [1.29, 1.82) is 0 Å². The predicted octanol–water partition coefficient (Wildman–Crippen LogP) is 1.59. The zero-order valence-corrected chi connectivity index (χ0v) is 12.3. The molecule has 5 heteroatoms. The average Bonchev–Trinajstić information content (AvgIpc) is 2.44. The van der Waals surface area contributed by atoms with Gasteiger partial charge in [-0.05, 0) is 41.3 Å². The van der Waals surface area contributed by atoms with Crippen molar-refractivity contribution >= 4 is 11.6 Å². The number of halogens is 1. The van der Waals surface area contributed by atoms with Crippen LogP contribution in [0, 0.1) is 6.92 Å². The van der Waals surface area contributed by atoms with E-state index in [2.05, 4.69) is 23.8 Å². The highest BCUT2D eigenvalue weighted by atomic mass is 35.5. The Hall–Kier alpha value is -0.580. The topological polar surface area (TPSA) is 47.1 Å². The Morgan fingerprint density at radius 1 is 1.47 bits per heavy atom. The second-order valence-corrected chi connectivity index (χ2v) is 5.70. The van der Waals surface area contributed by atoms with Gasteiger partial charge in [-0.1, -0.05) is 11.6 Å². The Labute approximate surface area is 109 Å². The molecule has 2 N–H and O–H groups in total. The van der Waals surface area contributed by atoms with E-state index in [0.29, 0.717) is 5.15 Å². The minimum atomic E-state index is -0.0778. The van der Waals surface area contributed by atoms with Gasteiger partial charge < -0.3 is 10.6 Å². The second-order valence-electron chi connectivity index (χ2n) is 5.34. The summed E-state index contributed by atoms with van der Waals surface area (Å²) in [5.41, 5.74) is 8.23. The molecule has 4 nitrogen and oxygen atoms in total. The highest BCUT2D eigenvalue weighted by Gasteiger charge is 2.30. The first-order valence-corrected chi connectivity index (χ1v) is 6.16. The number of nitrogens with two attached hydrogens (primary N) is 1. The lowest BCUT2D eigenvalue weighted by molar-refractivity contribution is 0.158. The molecule has 17 heavy (non-hydrogen) atoms. The summed E-state index contributed by atoms with van der Waals surface area (Å²) in [5, 5.41) is 4.99. The molecule has 0 spiro atoms. The summed E-state index contributed by atoms with van der Waals surface area (Å²) in [6.07, 6.45) is 0.740. The van der Waals surface area contributed by atoms with Gasteiger partial charge >= 0.3 is 0 Å². The summed E-state index contributed by atoms with van der Waals surface area (Å²) in [6.45, 7) is 6.24. The minimum absolute atomic E-state index is 0.0119. The molecule has 0 saturated heterocycles. The minimum Gasteiger partial charge on any atom is -0.326 e. The van der Waals surface area contributed by atoms with Gasteiger partial charge in [0.05, 0.1) is 5.69 Å². The monoisotopic (exact) mass is 258 g/mol. The van der Waals surface area contributed by atoms with Gasteiger partial charge in [0.25, 0.3) is 0 Å². The Bertz CT molecular complexity index is 395. The fourth-order valence-corrected chi connectivity index (χ4v) is 1.96. The summed E-state index contributed by atoms with van der Waals surface area (Å²) in [5.74, 6) is 0. The van der Waals surface area contributed by atoms with Crippen LogP contribution in [0.15, 0.2) is 0 Å². The second kappa shape index (κ2) is 4.96. The van der Waals surface area contributed by atoms with Crippen molar-refractivity contribution in [3.63, 3.8) is 0 Å². The zero-order valence-electron chi connectivity index (χ0n) is 11.6. The molecule has 1 heterocycles. The van der Waals surface area contributed by atoms with Crippen molar-refractivity contribution in [2.75, 3.05) is 14.1 Å². The summed E-state index contributed by atoms with van der Waals surface area (Å²) in [7, 11) is 5.93. The van der Waals surface area contributed by atoms with Crippen LogP contribution in [0.25, 0.3) is 0 Å². The van der Waals surface area contributed by atoms with E-state index in [4.69, 9.17) is 17.3 Å². The third-order valence-corrected chi connectivity index (χ3v) is 4.23. The molecule has 1 rings (SSSR count). The number of aryl methyl sites for hydroxylation is 2. The van der Waals surface area contributed by atoms with Gasteiger partial charge in [-0.25, -0.2) is 0 Å². The smallest absolute Gasteiger partial charge is 0.130 e. The average molecular weight is 259 g/mol. The maximum atomic E-state index is 6.29. The van der Waals surface area contributed by atoms with Crippen molar-refractivity contribution in [3.05, 3.63) is 16.4 Å². The van der Waals surface area contributed by atoms with Gasteiger partial charge in [-0.15, -0.1) is 0 Å². The maximum Gasteiger partial charge on any atom is 0.130 e. The molecule has 0 amide bonds. The SMILES string of the molecule is Cc1nn(C)c(Cl)c1CC(N)C(C)(C)N(C)C. The number of aromatic nitrogens is 2. The van der Waals surface area contributed by atoms with Gasteiger partial charge in [0, 0.05) is 24.2 Å². The van der Waals surface area contributed by atoms with Crippen molar-refractivity contribution in [3.8, 4) is 0 Å². The van der Waals surface area contributed by atoms with E-state index in [1.165, 1.54) is 0 Å². The molecular weight excluding hydrogens is 236 g/mol. The van der Waals surface area contributed by atoms with E-state index >= 15 is 0 Å². The third kappa shape index (κ3) is 2.81. The lowest BCUT2D eigenvalue weighted by Gasteiger charge is -2.38. The van der Waals surface area contributed by atoms with E-state index in [-0.39, 0.29) is 11.6 Å². The Morgan fingerprint density at radius 3 is 2.35 bits per heavy atom. The molecule has 1 aromatic rings. The van der Waals surface area contributed by atoms with E-state index < -0.39 is 0 Å². The lowest BCUT2D eigenvalue weighted by Crippen LogP contribution is -2.54. The van der Waals surface area contributed by atoms with Gasteiger partial charge in [-0.2, -0.15) is 5.10 Å². The number of hydrogen-bond acceptors (Lipinski definition) is 3. The van der Waals surface area contributed by atoms with Crippen LogP contribution >= 0.6 is 11.6 Å². The maximum absolute atomic E-state index is 6.29. The standard InChI is InChI=1S/C12H23ClN4/c1-8-9(11(13)17(6)15-8)7-10(14)12(2,3)16(4)5/h10H,7,14H2,1-6H3. The summed E-state index contributed by atoms with van der Waals surface area (Å²) < 4.78 is 1.70. The van der Waals surface area contributed by atoms with E-state index in [9.17, 15) is 0 Å². The highest BCUT2D eigenvalue weighted by Crippen LogP contribution is 2.24. The molecule has 0 fully saturated rings. The van der Waals surface area contributed by atoms with Crippen molar-refractivity contribution in [2.24, 2.45) is 12.8 Å². The van der Waals surface area contributed by atoms with Crippen molar-refractivity contribution in [1.82, 2.24) is 14.7 Å². The molecule has 1 unspecified atom stereocenters. The molecule has 0 bridgehead atoms. The first-order chi connectivity index (χ1) is 7.67. The third-order valence-electron chi connectivity index (χ3n) is 3.75. The Kier molecular flexibility index (Phi) is 4.23. The van der Waals surface area contributed by atoms with Crippen LogP contribution in [0.3, 0.4) is 0 Å². The number of rotatable bonds is 4. The van der Waals surface area contributed by atoms with Crippen LogP contribution in [-0.4, -0.2) is 40.4 Å². The normalized spacial score (nSPS) is 14.4. The van der Waals surface area contributed by atoms with Crippen molar-refractivity contribution in [2.45, 2.75) is 38.8 Å². The van der Waals surface area contributed by atoms with Crippen molar-refractivity contribution < 1.29 is 0 Å². The molecule has 1 atom stereocenters. The zero-order chi connectivity index (χ0) is 13.4. The molecule has 1 aromatic heterocycles. The van der Waals surface area contributed by atoms with E-state index in [1.807, 2.05) is 28.1 Å². The van der Waals surface area contributed by atoms with Crippen LogP contribution in [0.2, 0.25) is 5.15 Å². The highest BCUT2D eigenvalue weighted by molar-refractivity contribution is 6.30. The Balaban J connectivity index is 2.92. The van der Waals surface area contributed by atoms with Crippen LogP contribution in [0.1, 0.15) is 25.1 Å². The molecule has 0 aromatic carbocycles. The van der Waals surface area contributed by atoms with E-state index in [0.717, 1.165) is 17.7 Å². The molecule has 98 valence electrons. The Morgan fingerprint density at radius 2 is 2.00 bits per heavy atom. The lowest BCUT2D eigenvalue weighted by atomic mass is 9.89. The molecule has 0 aliphatic rings. The van der Waals surface area contributed by atoms with Gasteiger partial charge in [0.1, 0.15) is 5.15 Å². The van der Waals surface area contributed by atoms with Gasteiger partial charge in [0.2, 0.25) is 0 Å². The largest absolute Gasteiger partial charge is 0.326 e. The quantitative estimate of drug-likeness (QED) is 0.892.